The van der Waals surface area contributed by atoms with E-state index in [-0.39, 0.29) is 6.03 Å². The van der Waals surface area contributed by atoms with Crippen molar-refractivity contribution >= 4 is 17.7 Å². The molecule has 0 atom stereocenters. The van der Waals surface area contributed by atoms with Crippen molar-refractivity contribution in [3.05, 3.63) is 24.5 Å². The largest absolute Gasteiger partial charge is 0.326 e. The molecular formula is C12H18N6O. The van der Waals surface area contributed by atoms with Crippen LogP contribution in [0.25, 0.3) is 0 Å². The molecule has 7 heteroatoms. The van der Waals surface area contributed by atoms with Gasteiger partial charge in [0.2, 0.25) is 0 Å². The summed E-state index contributed by atoms with van der Waals surface area (Å²) >= 11 is 0. The van der Waals surface area contributed by atoms with E-state index in [9.17, 15) is 4.79 Å². The lowest BCUT2D eigenvalue weighted by atomic mass is 10.1. The first-order valence-corrected chi connectivity index (χ1v) is 6.24. The van der Waals surface area contributed by atoms with Crippen LogP contribution < -0.4 is 10.6 Å². The predicted octanol–water partition coefficient (Wildman–Crippen LogP) is 2.30. The van der Waals surface area contributed by atoms with E-state index in [1.54, 1.807) is 18.3 Å². The number of aromatic amines is 1. The van der Waals surface area contributed by atoms with Crippen molar-refractivity contribution in [3.63, 3.8) is 0 Å². The summed E-state index contributed by atoms with van der Waals surface area (Å²) in [5.41, 5.74) is 0. The Morgan fingerprint density at radius 2 is 2.26 bits per heavy atom. The van der Waals surface area contributed by atoms with Gasteiger partial charge in [0.05, 0.1) is 6.20 Å². The Bertz CT molecular complexity index is 516. The summed E-state index contributed by atoms with van der Waals surface area (Å²) in [6, 6.07) is 3.09. The van der Waals surface area contributed by atoms with Crippen molar-refractivity contribution in [1.29, 1.82) is 0 Å². The van der Waals surface area contributed by atoms with Crippen LogP contribution in [0.2, 0.25) is 0 Å². The zero-order chi connectivity index (χ0) is 13.7. The number of anilines is 2. The lowest BCUT2D eigenvalue weighted by Gasteiger charge is -2.05. The maximum absolute atomic E-state index is 11.6. The molecule has 19 heavy (non-hydrogen) atoms. The van der Waals surface area contributed by atoms with Crippen molar-refractivity contribution in [2.24, 2.45) is 5.92 Å². The summed E-state index contributed by atoms with van der Waals surface area (Å²) < 4.78 is 1.83. The zero-order valence-electron chi connectivity index (χ0n) is 11.1. The number of aromatic nitrogens is 4. The fourth-order valence-corrected chi connectivity index (χ4v) is 1.54. The smallest absolute Gasteiger partial charge is 0.292 e. The molecule has 3 N–H and O–H groups in total. The Labute approximate surface area is 111 Å². The number of carbonyl (C=O) groups is 1. The molecule has 0 aromatic carbocycles. The monoisotopic (exact) mass is 262 g/mol. The highest BCUT2D eigenvalue weighted by Gasteiger charge is 2.06. The van der Waals surface area contributed by atoms with Crippen molar-refractivity contribution in [3.8, 4) is 0 Å². The maximum atomic E-state index is 11.6. The van der Waals surface area contributed by atoms with Crippen LogP contribution in [0.15, 0.2) is 24.5 Å². The van der Waals surface area contributed by atoms with Gasteiger partial charge < -0.3 is 0 Å². The van der Waals surface area contributed by atoms with Crippen LogP contribution in [0.4, 0.5) is 16.4 Å². The normalized spacial score (nSPS) is 10.7. The molecule has 2 aromatic rings. The fraction of sp³-hybridized carbons (Fsp3) is 0.417. The van der Waals surface area contributed by atoms with Crippen molar-refractivity contribution in [2.75, 3.05) is 10.6 Å². The lowest BCUT2D eigenvalue weighted by Crippen LogP contribution is -2.20. The minimum Gasteiger partial charge on any atom is -0.292 e. The molecule has 2 rings (SSSR count). The number of nitrogens with zero attached hydrogens (tertiary/aromatic N) is 3. The van der Waals surface area contributed by atoms with Gasteiger partial charge in [-0.15, -0.1) is 0 Å². The van der Waals surface area contributed by atoms with Crippen LogP contribution >= 0.6 is 0 Å². The van der Waals surface area contributed by atoms with E-state index in [1.165, 1.54) is 0 Å². The van der Waals surface area contributed by atoms with E-state index in [1.807, 2.05) is 10.9 Å². The number of nitrogens with one attached hydrogen (secondary N) is 3. The van der Waals surface area contributed by atoms with Gasteiger partial charge in [0.15, 0.2) is 5.82 Å². The first kappa shape index (κ1) is 13.1. The molecule has 0 saturated carbocycles. The summed E-state index contributed by atoms with van der Waals surface area (Å²) in [5, 5.41) is 15.9. The molecule has 0 aliphatic carbocycles. The molecule has 0 unspecified atom stereocenters. The molecule has 0 radical (unpaired) electrons. The standard InChI is InChI=1S/C12H18N6O/c1-9(2)4-7-18-8-5-11(17-18)15-12(19)14-10-3-6-13-16-10/h3,5-6,8-9H,4,7H2,1-2H3,(H3,13,14,15,16,17,19). The Morgan fingerprint density at radius 1 is 1.42 bits per heavy atom. The van der Waals surface area contributed by atoms with E-state index in [0.717, 1.165) is 13.0 Å². The average Bonchev–Trinajstić information content (AvgIpc) is 2.98. The second-order valence-electron chi connectivity index (χ2n) is 4.70. The Balaban J connectivity index is 1.84. The molecular weight excluding hydrogens is 244 g/mol. The van der Waals surface area contributed by atoms with Crippen LogP contribution in [0, 0.1) is 5.92 Å². The Hall–Kier alpha value is -2.31. The van der Waals surface area contributed by atoms with Gasteiger partial charge in [-0.05, 0) is 12.3 Å². The minimum atomic E-state index is -0.349. The molecule has 0 aliphatic rings. The summed E-state index contributed by atoms with van der Waals surface area (Å²) in [6.07, 6.45) is 4.48. The molecule has 2 heterocycles. The highest BCUT2D eigenvalue weighted by atomic mass is 16.2. The number of carbonyl (C=O) groups excluding carboxylic acids is 1. The third kappa shape index (κ3) is 4.13. The molecule has 0 bridgehead atoms. The van der Waals surface area contributed by atoms with Crippen molar-refractivity contribution < 1.29 is 4.79 Å². The molecule has 102 valence electrons. The molecule has 0 aliphatic heterocycles. The summed E-state index contributed by atoms with van der Waals surface area (Å²) in [5.74, 6) is 1.70. The number of amides is 2. The number of H-pyrrole nitrogens is 1. The van der Waals surface area contributed by atoms with Gasteiger partial charge in [0, 0.05) is 24.9 Å². The van der Waals surface area contributed by atoms with E-state index >= 15 is 0 Å². The van der Waals surface area contributed by atoms with Gasteiger partial charge in [-0.25, -0.2) is 4.79 Å². The molecule has 0 spiro atoms. The van der Waals surface area contributed by atoms with Gasteiger partial charge >= 0.3 is 6.03 Å². The maximum Gasteiger partial charge on any atom is 0.326 e. The van der Waals surface area contributed by atoms with E-state index in [2.05, 4.69) is 39.8 Å². The highest BCUT2D eigenvalue weighted by molar-refractivity contribution is 5.98. The third-order valence-corrected chi connectivity index (χ3v) is 2.57. The first-order valence-electron chi connectivity index (χ1n) is 6.24. The number of hydrogen-bond acceptors (Lipinski definition) is 3. The molecule has 2 amide bonds. The van der Waals surface area contributed by atoms with Gasteiger partial charge in [-0.3, -0.25) is 20.4 Å². The van der Waals surface area contributed by atoms with Crippen molar-refractivity contribution in [1.82, 2.24) is 20.0 Å². The topological polar surface area (TPSA) is 87.6 Å². The second kappa shape index (κ2) is 6.03. The molecule has 7 nitrogen and oxygen atoms in total. The van der Waals surface area contributed by atoms with Gasteiger partial charge in [-0.2, -0.15) is 10.2 Å². The van der Waals surface area contributed by atoms with Crippen LogP contribution in [-0.4, -0.2) is 26.0 Å². The summed E-state index contributed by atoms with van der Waals surface area (Å²) in [4.78, 5) is 11.6. The first-order chi connectivity index (χ1) is 9.13. The Kier molecular flexibility index (Phi) is 4.17. The van der Waals surface area contributed by atoms with Gasteiger partial charge in [0.1, 0.15) is 5.82 Å². The average molecular weight is 262 g/mol. The number of hydrogen-bond donors (Lipinski definition) is 3. The number of aryl methyl sites for hydroxylation is 1. The molecule has 0 fully saturated rings. The number of rotatable bonds is 5. The zero-order valence-corrected chi connectivity index (χ0v) is 11.1. The van der Waals surface area contributed by atoms with E-state index < -0.39 is 0 Å². The molecule has 0 saturated heterocycles. The highest BCUT2D eigenvalue weighted by Crippen LogP contribution is 2.07. The van der Waals surface area contributed by atoms with Crippen LogP contribution in [-0.2, 0) is 6.54 Å². The van der Waals surface area contributed by atoms with Crippen LogP contribution in [0.5, 0.6) is 0 Å². The fourth-order valence-electron chi connectivity index (χ4n) is 1.54. The van der Waals surface area contributed by atoms with Crippen molar-refractivity contribution in [2.45, 2.75) is 26.8 Å². The quantitative estimate of drug-likeness (QED) is 0.772. The van der Waals surface area contributed by atoms with Crippen LogP contribution in [0.1, 0.15) is 20.3 Å². The Morgan fingerprint density at radius 3 is 2.95 bits per heavy atom. The summed E-state index contributed by atoms with van der Waals surface area (Å²) in [6.45, 7) is 5.18. The van der Waals surface area contributed by atoms with E-state index in [4.69, 9.17) is 0 Å². The molecule has 2 aromatic heterocycles. The number of urea groups is 1. The summed E-state index contributed by atoms with van der Waals surface area (Å²) in [7, 11) is 0. The second-order valence-corrected chi connectivity index (χ2v) is 4.70. The van der Waals surface area contributed by atoms with Gasteiger partial charge in [0.25, 0.3) is 0 Å². The minimum absolute atomic E-state index is 0.349. The van der Waals surface area contributed by atoms with Crippen LogP contribution in [0.3, 0.4) is 0 Å². The van der Waals surface area contributed by atoms with Gasteiger partial charge in [-0.1, -0.05) is 13.8 Å². The third-order valence-electron chi connectivity index (χ3n) is 2.57. The predicted molar refractivity (Wildman–Crippen MR) is 72.9 cm³/mol. The SMILES string of the molecule is CC(C)CCn1ccc(NC(=O)Nc2ccn[nH]2)n1. The van der Waals surface area contributed by atoms with E-state index in [0.29, 0.717) is 17.6 Å². The lowest BCUT2D eigenvalue weighted by molar-refractivity contribution is 0.262.